The van der Waals surface area contributed by atoms with E-state index in [2.05, 4.69) is 21.3 Å². The first-order chi connectivity index (χ1) is 9.79. The summed E-state index contributed by atoms with van der Waals surface area (Å²) in [5.41, 5.74) is 1.10. The molecule has 0 radical (unpaired) electrons. The van der Waals surface area contributed by atoms with E-state index in [0.29, 0.717) is 6.42 Å². The smallest absolute Gasteiger partial charge is 0.222 e. The molecule has 1 aromatic heterocycles. The van der Waals surface area contributed by atoms with Crippen LogP contribution in [0.15, 0.2) is 24.4 Å². The molecule has 1 aliphatic rings. The second-order valence-corrected chi connectivity index (χ2v) is 5.19. The van der Waals surface area contributed by atoms with E-state index in [9.17, 15) is 4.79 Å². The van der Waals surface area contributed by atoms with Gasteiger partial charge in [0.1, 0.15) is 0 Å². The average molecular weight is 276 g/mol. The van der Waals surface area contributed by atoms with Gasteiger partial charge < -0.3 is 10.2 Å². The molecule has 2 heterocycles. The molecular weight excluding hydrogens is 252 g/mol. The van der Waals surface area contributed by atoms with Crippen LogP contribution in [-0.2, 0) is 11.3 Å². The molecule has 2 rings (SSSR count). The SMILES string of the molecule is CNCCCC(=O)N1CCN(Cc2ccccn2)CC1. The maximum absolute atomic E-state index is 12.0. The molecule has 0 aromatic carbocycles. The first-order valence-corrected chi connectivity index (χ1v) is 7.34. The van der Waals surface area contributed by atoms with E-state index in [0.717, 1.165) is 51.4 Å². The predicted molar refractivity (Wildman–Crippen MR) is 79.3 cm³/mol. The highest BCUT2D eigenvalue weighted by Gasteiger charge is 2.20. The summed E-state index contributed by atoms with van der Waals surface area (Å²) >= 11 is 0. The van der Waals surface area contributed by atoms with Gasteiger partial charge in [-0.2, -0.15) is 0 Å². The van der Waals surface area contributed by atoms with E-state index >= 15 is 0 Å². The van der Waals surface area contributed by atoms with E-state index in [1.54, 1.807) is 0 Å². The minimum absolute atomic E-state index is 0.290. The fourth-order valence-corrected chi connectivity index (χ4v) is 2.45. The standard InChI is InChI=1S/C15H24N4O/c1-16-7-4-6-15(20)19-11-9-18(10-12-19)13-14-5-2-3-8-17-14/h2-3,5,8,16H,4,6-7,9-13H2,1H3. The molecule has 1 aliphatic heterocycles. The van der Waals surface area contributed by atoms with E-state index < -0.39 is 0 Å². The van der Waals surface area contributed by atoms with Crippen LogP contribution in [0, 0.1) is 0 Å². The number of aromatic nitrogens is 1. The molecule has 110 valence electrons. The summed E-state index contributed by atoms with van der Waals surface area (Å²) in [6.45, 7) is 5.34. The maximum Gasteiger partial charge on any atom is 0.222 e. The van der Waals surface area contributed by atoms with Gasteiger partial charge in [-0.3, -0.25) is 14.7 Å². The van der Waals surface area contributed by atoms with E-state index in [1.807, 2.05) is 30.3 Å². The third kappa shape index (κ3) is 4.58. The van der Waals surface area contributed by atoms with Gasteiger partial charge in [0.25, 0.3) is 0 Å². The van der Waals surface area contributed by atoms with Gasteiger partial charge in [0.2, 0.25) is 5.91 Å². The zero-order chi connectivity index (χ0) is 14.2. The van der Waals surface area contributed by atoms with Crippen molar-refractivity contribution in [2.45, 2.75) is 19.4 Å². The van der Waals surface area contributed by atoms with Crippen molar-refractivity contribution in [1.29, 1.82) is 0 Å². The largest absolute Gasteiger partial charge is 0.340 e. The molecule has 5 nitrogen and oxygen atoms in total. The van der Waals surface area contributed by atoms with Crippen molar-refractivity contribution in [1.82, 2.24) is 20.1 Å². The molecule has 5 heteroatoms. The van der Waals surface area contributed by atoms with Crippen molar-refractivity contribution in [3.8, 4) is 0 Å². The van der Waals surface area contributed by atoms with E-state index in [4.69, 9.17) is 0 Å². The molecule has 1 saturated heterocycles. The zero-order valence-electron chi connectivity index (χ0n) is 12.2. The molecule has 0 atom stereocenters. The number of hydrogen-bond acceptors (Lipinski definition) is 4. The molecule has 1 fully saturated rings. The summed E-state index contributed by atoms with van der Waals surface area (Å²) in [5, 5.41) is 3.07. The van der Waals surface area contributed by atoms with Crippen molar-refractivity contribution in [2.24, 2.45) is 0 Å². The molecular formula is C15H24N4O. The molecule has 0 saturated carbocycles. The molecule has 1 N–H and O–H groups in total. The Morgan fingerprint density at radius 1 is 1.30 bits per heavy atom. The van der Waals surface area contributed by atoms with Crippen LogP contribution in [-0.4, -0.2) is 60.5 Å². The molecule has 1 aromatic rings. The van der Waals surface area contributed by atoms with Crippen molar-refractivity contribution in [3.63, 3.8) is 0 Å². The van der Waals surface area contributed by atoms with E-state index in [-0.39, 0.29) is 5.91 Å². The fraction of sp³-hybridized carbons (Fsp3) is 0.600. The summed E-state index contributed by atoms with van der Waals surface area (Å²) in [4.78, 5) is 20.7. The molecule has 0 unspecified atom stereocenters. The molecule has 1 amide bonds. The Labute approximate surface area is 121 Å². The minimum Gasteiger partial charge on any atom is -0.340 e. The zero-order valence-corrected chi connectivity index (χ0v) is 12.2. The fourth-order valence-electron chi connectivity index (χ4n) is 2.45. The van der Waals surface area contributed by atoms with E-state index in [1.165, 1.54) is 0 Å². The minimum atomic E-state index is 0.290. The lowest BCUT2D eigenvalue weighted by atomic mass is 10.2. The Bertz CT molecular complexity index is 402. The van der Waals surface area contributed by atoms with Gasteiger partial charge in [0.05, 0.1) is 5.69 Å². The van der Waals surface area contributed by atoms with Gasteiger partial charge >= 0.3 is 0 Å². The average Bonchev–Trinajstić information content (AvgIpc) is 2.49. The summed E-state index contributed by atoms with van der Waals surface area (Å²) in [7, 11) is 1.92. The van der Waals surface area contributed by atoms with Gasteiger partial charge in [0, 0.05) is 45.3 Å². The molecule has 0 bridgehead atoms. The third-order valence-electron chi connectivity index (χ3n) is 3.65. The number of amides is 1. The van der Waals surface area contributed by atoms with Crippen LogP contribution in [0.1, 0.15) is 18.5 Å². The van der Waals surface area contributed by atoms with Crippen LogP contribution in [0.25, 0.3) is 0 Å². The third-order valence-corrected chi connectivity index (χ3v) is 3.65. The second kappa shape index (κ2) is 7.97. The van der Waals surface area contributed by atoms with Crippen LogP contribution in [0.2, 0.25) is 0 Å². The van der Waals surface area contributed by atoms with Gasteiger partial charge in [-0.15, -0.1) is 0 Å². The second-order valence-electron chi connectivity index (χ2n) is 5.19. The number of carbonyl (C=O) groups is 1. The molecule has 0 spiro atoms. The summed E-state index contributed by atoms with van der Waals surface area (Å²) in [6.07, 6.45) is 3.40. The van der Waals surface area contributed by atoms with Crippen LogP contribution >= 0.6 is 0 Å². The summed E-state index contributed by atoms with van der Waals surface area (Å²) in [6, 6.07) is 6.00. The van der Waals surface area contributed by atoms with Crippen LogP contribution < -0.4 is 5.32 Å². The van der Waals surface area contributed by atoms with Gasteiger partial charge in [-0.05, 0) is 32.1 Å². The van der Waals surface area contributed by atoms with Crippen LogP contribution in [0.3, 0.4) is 0 Å². The highest BCUT2D eigenvalue weighted by molar-refractivity contribution is 5.76. The Morgan fingerprint density at radius 2 is 2.10 bits per heavy atom. The molecule has 0 aliphatic carbocycles. The highest BCUT2D eigenvalue weighted by atomic mass is 16.2. The number of rotatable bonds is 6. The van der Waals surface area contributed by atoms with Gasteiger partial charge in [-0.25, -0.2) is 0 Å². The summed E-state index contributed by atoms with van der Waals surface area (Å²) < 4.78 is 0. The van der Waals surface area contributed by atoms with Crippen molar-refractivity contribution >= 4 is 5.91 Å². The number of nitrogens with one attached hydrogen (secondary N) is 1. The predicted octanol–water partition coefficient (Wildman–Crippen LogP) is 0.725. The Kier molecular flexibility index (Phi) is 5.95. The highest BCUT2D eigenvalue weighted by Crippen LogP contribution is 2.08. The summed E-state index contributed by atoms with van der Waals surface area (Å²) in [5.74, 6) is 0.290. The number of carbonyl (C=O) groups excluding carboxylic acids is 1. The number of pyridine rings is 1. The Morgan fingerprint density at radius 3 is 2.75 bits per heavy atom. The lowest BCUT2D eigenvalue weighted by molar-refractivity contribution is -0.133. The van der Waals surface area contributed by atoms with Crippen LogP contribution in [0.5, 0.6) is 0 Å². The van der Waals surface area contributed by atoms with Crippen molar-refractivity contribution < 1.29 is 4.79 Å². The molecule has 20 heavy (non-hydrogen) atoms. The van der Waals surface area contributed by atoms with Crippen LogP contribution in [0.4, 0.5) is 0 Å². The van der Waals surface area contributed by atoms with Gasteiger partial charge in [0.15, 0.2) is 0 Å². The lowest BCUT2D eigenvalue weighted by Gasteiger charge is -2.34. The number of nitrogens with zero attached hydrogens (tertiary/aromatic N) is 3. The first-order valence-electron chi connectivity index (χ1n) is 7.34. The normalized spacial score (nSPS) is 16.4. The monoisotopic (exact) mass is 276 g/mol. The van der Waals surface area contributed by atoms with Crippen molar-refractivity contribution in [2.75, 3.05) is 39.8 Å². The topological polar surface area (TPSA) is 48.5 Å². The lowest BCUT2D eigenvalue weighted by Crippen LogP contribution is -2.48. The number of hydrogen-bond donors (Lipinski definition) is 1. The maximum atomic E-state index is 12.0. The Balaban J connectivity index is 1.71. The number of piperazine rings is 1. The van der Waals surface area contributed by atoms with Gasteiger partial charge in [-0.1, -0.05) is 6.07 Å². The quantitative estimate of drug-likeness (QED) is 0.778. The van der Waals surface area contributed by atoms with Crippen molar-refractivity contribution in [3.05, 3.63) is 30.1 Å². The first kappa shape index (κ1) is 14.9. The Hall–Kier alpha value is -1.46.